The molecule has 3 atom stereocenters. The maximum Gasteiger partial charge on any atom is 0.0576 e. The zero-order valence-corrected chi connectivity index (χ0v) is 14.3. The summed E-state index contributed by atoms with van der Waals surface area (Å²) in [4.78, 5) is 1.04. The van der Waals surface area contributed by atoms with Crippen molar-refractivity contribution in [1.29, 1.82) is 0 Å². The second-order valence-corrected chi connectivity index (χ2v) is 8.85. The van der Waals surface area contributed by atoms with E-state index in [0.717, 1.165) is 30.7 Å². The van der Waals surface area contributed by atoms with Crippen molar-refractivity contribution in [3.63, 3.8) is 0 Å². The van der Waals surface area contributed by atoms with E-state index in [1.807, 2.05) is 0 Å². The fraction of sp³-hybridized carbons (Fsp3) is 0.667. The lowest BCUT2D eigenvalue weighted by Gasteiger charge is -2.31. The van der Waals surface area contributed by atoms with Gasteiger partial charge in [-0.05, 0) is 67.3 Å². The molecule has 0 heterocycles. The van der Waals surface area contributed by atoms with Gasteiger partial charge in [0.15, 0.2) is 0 Å². The molecule has 3 heteroatoms. The number of benzene rings is 1. The highest BCUT2D eigenvalue weighted by Crippen LogP contribution is 2.41. The van der Waals surface area contributed by atoms with E-state index in [1.54, 1.807) is 0 Å². The summed E-state index contributed by atoms with van der Waals surface area (Å²) in [5.74, 6) is 0. The molecule has 3 rings (SSSR count). The molecule has 1 N–H and O–H groups in total. The van der Waals surface area contributed by atoms with E-state index in [4.69, 9.17) is 0 Å². The summed E-state index contributed by atoms with van der Waals surface area (Å²) < 4.78 is 13.1. The van der Waals surface area contributed by atoms with Crippen molar-refractivity contribution in [2.45, 2.75) is 69.1 Å². The van der Waals surface area contributed by atoms with Crippen LogP contribution in [0.2, 0.25) is 0 Å². The van der Waals surface area contributed by atoms with Crippen LogP contribution >= 0.6 is 0 Å². The molecule has 0 spiro atoms. The molecule has 0 radical (unpaired) electrons. The lowest BCUT2D eigenvalue weighted by atomic mass is 9.87. The first-order valence-corrected chi connectivity index (χ1v) is 9.50. The minimum absolute atomic E-state index is 0.243. The van der Waals surface area contributed by atoms with Crippen LogP contribution in [0.4, 0.5) is 0 Å². The molecule has 2 nitrogen and oxygen atoms in total. The number of fused-ring (bicyclic) bond motifs is 1. The Balaban J connectivity index is 1.84. The largest absolute Gasteiger partial charge is 0.313 e. The average Bonchev–Trinajstić information content (AvgIpc) is 3.03. The number of hydrogen-bond donors (Lipinski definition) is 1. The summed E-state index contributed by atoms with van der Waals surface area (Å²) in [5, 5.41) is 3.84. The summed E-state index contributed by atoms with van der Waals surface area (Å²) in [5.41, 5.74) is 3.14. The summed E-state index contributed by atoms with van der Waals surface area (Å²) in [6.45, 7) is 7.70. The maximum absolute atomic E-state index is 13.1. The average molecular weight is 305 g/mol. The van der Waals surface area contributed by atoms with Crippen LogP contribution in [0.3, 0.4) is 0 Å². The molecule has 21 heavy (non-hydrogen) atoms. The number of nitrogens with one attached hydrogen (secondary N) is 1. The van der Waals surface area contributed by atoms with E-state index in [2.05, 4.69) is 44.3 Å². The third-order valence-corrected chi connectivity index (χ3v) is 7.06. The minimum Gasteiger partial charge on any atom is -0.313 e. The lowest BCUT2D eigenvalue weighted by Crippen LogP contribution is -2.46. The van der Waals surface area contributed by atoms with Crippen LogP contribution in [0.1, 0.15) is 51.2 Å². The Bertz CT molecular complexity index is 552. The molecule has 3 unspecified atom stereocenters. The number of aryl methyl sites for hydroxylation is 2. The van der Waals surface area contributed by atoms with E-state index in [-0.39, 0.29) is 10.7 Å². The highest BCUT2D eigenvalue weighted by atomic mass is 32.2. The summed E-state index contributed by atoms with van der Waals surface area (Å²) in [6.07, 6.45) is 5.83. The van der Waals surface area contributed by atoms with Crippen molar-refractivity contribution >= 4 is 10.8 Å². The molecule has 0 aliphatic heterocycles. The molecule has 0 aromatic heterocycles. The first kappa shape index (κ1) is 15.2. The molecule has 0 amide bonds. The molecule has 1 aromatic rings. The zero-order chi connectivity index (χ0) is 15.0. The predicted molar refractivity (Wildman–Crippen MR) is 89.1 cm³/mol. The maximum atomic E-state index is 13.1. The molecule has 116 valence electrons. The third-order valence-electron chi connectivity index (χ3n) is 5.29. The Morgan fingerprint density at radius 2 is 2.05 bits per heavy atom. The number of rotatable bonds is 4. The van der Waals surface area contributed by atoms with Crippen LogP contribution in [0.5, 0.6) is 0 Å². The van der Waals surface area contributed by atoms with Gasteiger partial charge in [0.2, 0.25) is 0 Å². The van der Waals surface area contributed by atoms with Gasteiger partial charge in [-0.15, -0.1) is 0 Å². The zero-order valence-electron chi connectivity index (χ0n) is 13.4. The molecular formula is C18H27NOS. The molecule has 0 bridgehead atoms. The van der Waals surface area contributed by atoms with Crippen molar-refractivity contribution in [1.82, 2.24) is 5.32 Å². The molecule has 1 saturated carbocycles. The quantitative estimate of drug-likeness (QED) is 0.923. The standard InChI is InChI=1S/C18H27NOS/c1-4-19-17-16(10-11-18(17,2)3)21(20)15-9-8-13-6-5-7-14(13)12-15/h8-9,12,16-17,19H,4-7,10-11H2,1-3H3. The van der Waals surface area contributed by atoms with Crippen molar-refractivity contribution in [3.05, 3.63) is 29.3 Å². The summed E-state index contributed by atoms with van der Waals surface area (Å²) >= 11 is 0. The second kappa shape index (κ2) is 5.85. The molecule has 1 aromatic carbocycles. The Labute approximate surface area is 131 Å². The molecule has 1 fully saturated rings. The van der Waals surface area contributed by atoms with Crippen LogP contribution in [-0.4, -0.2) is 22.0 Å². The lowest BCUT2D eigenvalue weighted by molar-refractivity contribution is 0.289. The van der Waals surface area contributed by atoms with Crippen LogP contribution < -0.4 is 5.32 Å². The van der Waals surface area contributed by atoms with Gasteiger partial charge < -0.3 is 5.32 Å². The molecular weight excluding hydrogens is 278 g/mol. The second-order valence-electron chi connectivity index (χ2n) is 7.18. The van der Waals surface area contributed by atoms with E-state index >= 15 is 0 Å². The SMILES string of the molecule is CCNC1C(S(=O)c2ccc3c(c2)CCC3)CCC1(C)C. The topological polar surface area (TPSA) is 29.1 Å². The van der Waals surface area contributed by atoms with Gasteiger partial charge in [0.25, 0.3) is 0 Å². The van der Waals surface area contributed by atoms with Gasteiger partial charge in [-0.3, -0.25) is 4.21 Å². The Kier molecular flexibility index (Phi) is 4.24. The van der Waals surface area contributed by atoms with Gasteiger partial charge in [-0.25, -0.2) is 0 Å². The third kappa shape index (κ3) is 2.83. The van der Waals surface area contributed by atoms with Gasteiger partial charge >= 0.3 is 0 Å². The first-order valence-electron chi connectivity index (χ1n) is 8.28. The van der Waals surface area contributed by atoms with Gasteiger partial charge in [0.05, 0.1) is 16.0 Å². The highest BCUT2D eigenvalue weighted by Gasteiger charge is 2.44. The fourth-order valence-corrected chi connectivity index (χ4v) is 5.90. The van der Waals surface area contributed by atoms with Crippen molar-refractivity contribution < 1.29 is 4.21 Å². The predicted octanol–water partition coefficient (Wildman–Crippen LogP) is 3.45. The van der Waals surface area contributed by atoms with Gasteiger partial charge in [-0.1, -0.05) is 26.8 Å². The fourth-order valence-electron chi connectivity index (χ4n) is 4.05. The van der Waals surface area contributed by atoms with E-state index < -0.39 is 10.8 Å². The van der Waals surface area contributed by atoms with Crippen molar-refractivity contribution in [3.8, 4) is 0 Å². The van der Waals surface area contributed by atoms with E-state index in [1.165, 1.54) is 24.0 Å². The van der Waals surface area contributed by atoms with Crippen LogP contribution in [0, 0.1) is 5.41 Å². The Hall–Kier alpha value is -0.670. The van der Waals surface area contributed by atoms with Gasteiger partial charge in [0, 0.05) is 10.9 Å². The molecule has 2 aliphatic carbocycles. The van der Waals surface area contributed by atoms with E-state index in [0.29, 0.717) is 6.04 Å². The number of hydrogen-bond acceptors (Lipinski definition) is 2. The smallest absolute Gasteiger partial charge is 0.0576 e. The van der Waals surface area contributed by atoms with Gasteiger partial charge in [0.1, 0.15) is 0 Å². The van der Waals surface area contributed by atoms with Crippen molar-refractivity contribution in [2.75, 3.05) is 6.54 Å². The molecule has 0 saturated heterocycles. The highest BCUT2D eigenvalue weighted by molar-refractivity contribution is 7.85. The first-order chi connectivity index (χ1) is 10.0. The van der Waals surface area contributed by atoms with Crippen LogP contribution in [-0.2, 0) is 23.6 Å². The molecule has 2 aliphatic rings. The van der Waals surface area contributed by atoms with Gasteiger partial charge in [-0.2, -0.15) is 0 Å². The van der Waals surface area contributed by atoms with E-state index in [9.17, 15) is 4.21 Å². The summed E-state index contributed by atoms with van der Waals surface area (Å²) in [7, 11) is -0.892. The Morgan fingerprint density at radius 3 is 2.81 bits per heavy atom. The summed E-state index contributed by atoms with van der Waals surface area (Å²) in [6, 6.07) is 6.89. The van der Waals surface area contributed by atoms with Crippen LogP contribution in [0.15, 0.2) is 23.1 Å². The normalized spacial score (nSPS) is 28.5. The minimum atomic E-state index is -0.892. The van der Waals surface area contributed by atoms with Crippen molar-refractivity contribution in [2.24, 2.45) is 5.41 Å². The monoisotopic (exact) mass is 305 g/mol. The Morgan fingerprint density at radius 1 is 1.29 bits per heavy atom. The van der Waals surface area contributed by atoms with Crippen LogP contribution in [0.25, 0.3) is 0 Å².